The van der Waals surface area contributed by atoms with Crippen molar-refractivity contribution in [2.75, 3.05) is 31.1 Å². The molecule has 0 unspecified atom stereocenters. The van der Waals surface area contributed by atoms with E-state index in [1.54, 1.807) is 26.1 Å². The zero-order valence-electron chi connectivity index (χ0n) is 14.1. The van der Waals surface area contributed by atoms with Crippen LogP contribution in [0.25, 0.3) is 0 Å². The number of sulfonamides is 1. The molecular formula is C16H19N5O3S. The van der Waals surface area contributed by atoms with E-state index in [1.165, 1.54) is 4.31 Å². The number of nitrogens with zero attached hydrogens (tertiary/aromatic N) is 5. The predicted molar refractivity (Wildman–Crippen MR) is 90.5 cm³/mol. The molecule has 0 aliphatic carbocycles. The molecule has 0 atom stereocenters. The van der Waals surface area contributed by atoms with Crippen molar-refractivity contribution < 1.29 is 12.9 Å². The van der Waals surface area contributed by atoms with Crippen molar-refractivity contribution in [3.63, 3.8) is 0 Å². The van der Waals surface area contributed by atoms with Gasteiger partial charge in [0, 0.05) is 26.2 Å². The Labute approximate surface area is 146 Å². The lowest BCUT2D eigenvalue weighted by molar-refractivity contribution is 0.389. The highest BCUT2D eigenvalue weighted by molar-refractivity contribution is 7.89. The van der Waals surface area contributed by atoms with Gasteiger partial charge in [0.15, 0.2) is 5.76 Å². The number of hydrogen-bond acceptors (Lipinski definition) is 7. The van der Waals surface area contributed by atoms with E-state index < -0.39 is 10.0 Å². The van der Waals surface area contributed by atoms with Gasteiger partial charge in [-0.25, -0.2) is 13.4 Å². The highest BCUT2D eigenvalue weighted by Crippen LogP contribution is 2.25. The first-order valence-corrected chi connectivity index (χ1v) is 9.41. The summed E-state index contributed by atoms with van der Waals surface area (Å²) in [6.07, 6.45) is 2.35. The van der Waals surface area contributed by atoms with Gasteiger partial charge in [-0.2, -0.15) is 9.57 Å². The summed E-state index contributed by atoms with van der Waals surface area (Å²) in [5.41, 5.74) is 1.63. The Bertz CT molecular complexity index is 879. The molecule has 3 rings (SSSR count). The molecular weight excluding hydrogens is 342 g/mol. The average molecular weight is 361 g/mol. The smallest absolute Gasteiger partial charge is 0.248 e. The molecule has 132 valence electrons. The number of anilines is 1. The van der Waals surface area contributed by atoms with E-state index in [1.807, 2.05) is 12.1 Å². The molecule has 9 heteroatoms. The van der Waals surface area contributed by atoms with Gasteiger partial charge in [-0.05, 0) is 32.4 Å². The Hall–Kier alpha value is -2.44. The summed E-state index contributed by atoms with van der Waals surface area (Å²) >= 11 is 0. The van der Waals surface area contributed by atoms with Gasteiger partial charge in [-0.1, -0.05) is 5.16 Å². The fraction of sp³-hybridized carbons (Fsp3) is 0.438. The number of pyridine rings is 1. The maximum Gasteiger partial charge on any atom is 0.248 e. The van der Waals surface area contributed by atoms with Crippen LogP contribution in [0.15, 0.2) is 27.7 Å². The lowest BCUT2D eigenvalue weighted by atomic mass is 10.3. The van der Waals surface area contributed by atoms with Crippen LogP contribution in [0.3, 0.4) is 0 Å². The maximum atomic E-state index is 12.9. The third kappa shape index (κ3) is 3.36. The van der Waals surface area contributed by atoms with Gasteiger partial charge in [0.1, 0.15) is 22.4 Å². The first kappa shape index (κ1) is 17.4. The molecule has 25 heavy (non-hydrogen) atoms. The van der Waals surface area contributed by atoms with E-state index in [0.717, 1.165) is 12.2 Å². The van der Waals surface area contributed by atoms with Crippen LogP contribution in [-0.2, 0) is 10.0 Å². The quantitative estimate of drug-likeness (QED) is 0.815. The number of aryl methyl sites for hydroxylation is 2. The van der Waals surface area contributed by atoms with Gasteiger partial charge in [-0.3, -0.25) is 0 Å². The van der Waals surface area contributed by atoms with Gasteiger partial charge in [0.2, 0.25) is 10.0 Å². The molecule has 1 aliphatic heterocycles. The molecule has 3 heterocycles. The minimum absolute atomic E-state index is 0.168. The summed E-state index contributed by atoms with van der Waals surface area (Å²) in [5, 5.41) is 12.6. The van der Waals surface area contributed by atoms with E-state index in [4.69, 9.17) is 9.78 Å². The van der Waals surface area contributed by atoms with Gasteiger partial charge in [-0.15, -0.1) is 0 Å². The molecule has 2 aromatic heterocycles. The SMILES string of the molecule is Cc1noc(C)c1S(=O)(=O)N1CCCN(c2ccc(C#N)nc2)CC1. The Morgan fingerprint density at radius 1 is 1.20 bits per heavy atom. The maximum absolute atomic E-state index is 12.9. The second-order valence-electron chi connectivity index (χ2n) is 5.91. The summed E-state index contributed by atoms with van der Waals surface area (Å²) in [6, 6.07) is 5.49. The lowest BCUT2D eigenvalue weighted by Crippen LogP contribution is -2.35. The topological polar surface area (TPSA) is 103 Å². The predicted octanol–water partition coefficient (Wildman–Crippen LogP) is 1.46. The minimum Gasteiger partial charge on any atom is -0.369 e. The molecule has 0 radical (unpaired) electrons. The van der Waals surface area contributed by atoms with Gasteiger partial charge < -0.3 is 9.42 Å². The molecule has 2 aromatic rings. The monoisotopic (exact) mass is 361 g/mol. The van der Waals surface area contributed by atoms with Crippen LogP contribution >= 0.6 is 0 Å². The highest BCUT2D eigenvalue weighted by atomic mass is 32.2. The molecule has 0 aromatic carbocycles. The van der Waals surface area contributed by atoms with Crippen molar-refractivity contribution >= 4 is 15.7 Å². The van der Waals surface area contributed by atoms with E-state index in [9.17, 15) is 8.42 Å². The third-order valence-corrected chi connectivity index (χ3v) is 6.39. The fourth-order valence-corrected chi connectivity index (χ4v) is 4.76. The van der Waals surface area contributed by atoms with Gasteiger partial charge in [0.05, 0.1) is 11.9 Å². The van der Waals surface area contributed by atoms with E-state index in [-0.39, 0.29) is 4.90 Å². The standard InChI is InChI=1S/C16H19N5O3S/c1-12-16(13(2)24-19-12)25(22,23)21-7-3-6-20(8-9-21)15-5-4-14(10-17)18-11-15/h4-5,11H,3,6-9H2,1-2H3. The van der Waals surface area contributed by atoms with Crippen molar-refractivity contribution in [1.82, 2.24) is 14.4 Å². The zero-order valence-corrected chi connectivity index (χ0v) is 15.0. The first-order valence-electron chi connectivity index (χ1n) is 7.97. The minimum atomic E-state index is -3.63. The Balaban J connectivity index is 1.78. The van der Waals surface area contributed by atoms with E-state index >= 15 is 0 Å². The van der Waals surface area contributed by atoms with Crippen molar-refractivity contribution in [3.05, 3.63) is 35.5 Å². The van der Waals surface area contributed by atoms with Crippen molar-refractivity contribution in [2.45, 2.75) is 25.2 Å². The van der Waals surface area contributed by atoms with Crippen LogP contribution in [0.4, 0.5) is 5.69 Å². The number of hydrogen-bond donors (Lipinski definition) is 0. The Morgan fingerprint density at radius 3 is 2.60 bits per heavy atom. The zero-order chi connectivity index (χ0) is 18.0. The van der Waals surface area contributed by atoms with Crippen molar-refractivity contribution in [2.24, 2.45) is 0 Å². The molecule has 0 saturated carbocycles. The van der Waals surface area contributed by atoms with Crippen LogP contribution in [0.2, 0.25) is 0 Å². The van der Waals surface area contributed by atoms with E-state index in [0.29, 0.717) is 43.2 Å². The largest absolute Gasteiger partial charge is 0.369 e. The number of aromatic nitrogens is 2. The molecule has 0 spiro atoms. The van der Waals surface area contributed by atoms with Gasteiger partial charge >= 0.3 is 0 Å². The average Bonchev–Trinajstić information content (AvgIpc) is 2.81. The normalized spacial score (nSPS) is 16.4. The fourth-order valence-electron chi connectivity index (χ4n) is 3.00. The first-order chi connectivity index (χ1) is 11.9. The Morgan fingerprint density at radius 2 is 2.00 bits per heavy atom. The van der Waals surface area contributed by atoms with Gasteiger partial charge in [0.25, 0.3) is 0 Å². The molecule has 1 saturated heterocycles. The second kappa shape index (κ2) is 6.82. The summed E-state index contributed by atoms with van der Waals surface area (Å²) in [7, 11) is -3.63. The lowest BCUT2D eigenvalue weighted by Gasteiger charge is -2.23. The van der Waals surface area contributed by atoms with Crippen LogP contribution in [0.5, 0.6) is 0 Å². The number of rotatable bonds is 3. The highest BCUT2D eigenvalue weighted by Gasteiger charge is 2.32. The summed E-state index contributed by atoms with van der Waals surface area (Å²) in [4.78, 5) is 6.33. The van der Waals surface area contributed by atoms with Crippen LogP contribution < -0.4 is 4.90 Å². The Kier molecular flexibility index (Phi) is 4.74. The third-order valence-electron chi connectivity index (χ3n) is 4.25. The molecule has 0 N–H and O–H groups in total. The molecule has 0 amide bonds. The van der Waals surface area contributed by atoms with Crippen LogP contribution in [0.1, 0.15) is 23.6 Å². The van der Waals surface area contributed by atoms with Crippen LogP contribution in [-0.4, -0.2) is 49.0 Å². The van der Waals surface area contributed by atoms with E-state index in [2.05, 4.69) is 15.0 Å². The summed E-state index contributed by atoms with van der Waals surface area (Å²) in [5.74, 6) is 0.315. The summed E-state index contributed by atoms with van der Waals surface area (Å²) < 4.78 is 32.4. The molecule has 8 nitrogen and oxygen atoms in total. The summed E-state index contributed by atoms with van der Waals surface area (Å²) in [6.45, 7) is 5.33. The second-order valence-corrected chi connectivity index (χ2v) is 7.79. The van der Waals surface area contributed by atoms with Crippen molar-refractivity contribution in [3.8, 4) is 6.07 Å². The number of nitriles is 1. The van der Waals surface area contributed by atoms with Crippen molar-refractivity contribution in [1.29, 1.82) is 5.26 Å². The van der Waals surface area contributed by atoms with Crippen LogP contribution in [0, 0.1) is 25.2 Å². The molecule has 1 fully saturated rings. The molecule has 1 aliphatic rings. The molecule has 0 bridgehead atoms.